The number of rotatable bonds is 2. The molecule has 1 aromatic heterocycles. The van der Waals surface area contributed by atoms with Gasteiger partial charge in [-0.1, -0.05) is 34.8 Å². The molecule has 2 aromatic rings. The van der Waals surface area contributed by atoms with Crippen LogP contribution in [0.4, 0.5) is 0 Å². The van der Waals surface area contributed by atoms with Crippen molar-refractivity contribution in [3.05, 3.63) is 37.7 Å². The van der Waals surface area contributed by atoms with E-state index >= 15 is 0 Å². The molecule has 0 bridgehead atoms. The molecular formula is C15H15Cl3N2O2. The normalized spacial score (nSPS) is 14.5. The summed E-state index contributed by atoms with van der Waals surface area (Å²) in [7, 11) is 1.52. The van der Waals surface area contributed by atoms with E-state index in [0.29, 0.717) is 38.6 Å². The first-order valence-electron chi connectivity index (χ1n) is 7.07. The van der Waals surface area contributed by atoms with Gasteiger partial charge in [-0.05, 0) is 31.4 Å². The topological polar surface area (TPSA) is 36.2 Å². The summed E-state index contributed by atoms with van der Waals surface area (Å²) in [4.78, 5) is 12.7. The molecule has 0 fully saturated rings. The van der Waals surface area contributed by atoms with E-state index < -0.39 is 0 Å². The number of hydrogen-bond donors (Lipinski definition) is 0. The Labute approximate surface area is 143 Å². The zero-order valence-electron chi connectivity index (χ0n) is 12.0. The summed E-state index contributed by atoms with van der Waals surface area (Å²) in [5.41, 5.74) is 0.827. The Balaban J connectivity index is 2.24. The Morgan fingerprint density at radius 3 is 2.36 bits per heavy atom. The quantitative estimate of drug-likeness (QED) is 0.791. The first kappa shape index (κ1) is 15.8. The molecule has 0 unspecified atom stereocenters. The van der Waals surface area contributed by atoms with Crippen LogP contribution in [-0.2, 0) is 13.1 Å². The first-order chi connectivity index (χ1) is 10.5. The van der Waals surface area contributed by atoms with Crippen LogP contribution in [0, 0.1) is 0 Å². The standard InChI is InChI=1S/C15H15Cl3N2O2/c1-22-12-7-9(10(16)8-11(12)17)13-14(18)19-5-3-2-4-6-20(19)15(13)21/h7-8H,2-6H2,1H3. The molecule has 0 saturated heterocycles. The third-order valence-corrected chi connectivity index (χ3v) is 4.92. The molecule has 0 amide bonds. The van der Waals surface area contributed by atoms with Crippen LogP contribution in [0.25, 0.3) is 11.1 Å². The second-order valence-corrected chi connectivity index (χ2v) is 6.42. The number of benzene rings is 1. The molecule has 0 aliphatic carbocycles. The molecular weight excluding hydrogens is 347 g/mol. The molecule has 1 aliphatic heterocycles. The van der Waals surface area contributed by atoms with Crippen molar-refractivity contribution >= 4 is 34.8 Å². The lowest BCUT2D eigenvalue weighted by atomic mass is 10.1. The van der Waals surface area contributed by atoms with Gasteiger partial charge >= 0.3 is 0 Å². The van der Waals surface area contributed by atoms with Crippen LogP contribution in [0.15, 0.2) is 16.9 Å². The van der Waals surface area contributed by atoms with Gasteiger partial charge in [-0.2, -0.15) is 0 Å². The number of methoxy groups -OCH3 is 1. The minimum absolute atomic E-state index is 0.127. The van der Waals surface area contributed by atoms with E-state index in [1.54, 1.807) is 16.8 Å². The van der Waals surface area contributed by atoms with Crippen molar-refractivity contribution in [2.24, 2.45) is 0 Å². The van der Waals surface area contributed by atoms with E-state index in [1.807, 2.05) is 4.68 Å². The maximum Gasteiger partial charge on any atom is 0.276 e. The highest BCUT2D eigenvalue weighted by Crippen LogP contribution is 2.38. The number of ether oxygens (including phenoxy) is 1. The summed E-state index contributed by atoms with van der Waals surface area (Å²) in [5.74, 6) is 0.461. The van der Waals surface area contributed by atoms with Gasteiger partial charge in [0.05, 0.1) is 22.7 Å². The zero-order valence-corrected chi connectivity index (χ0v) is 14.3. The Bertz CT molecular complexity index is 780. The van der Waals surface area contributed by atoms with Crippen molar-refractivity contribution in [3.63, 3.8) is 0 Å². The molecule has 2 heterocycles. The van der Waals surface area contributed by atoms with Crippen LogP contribution in [-0.4, -0.2) is 16.5 Å². The van der Waals surface area contributed by atoms with Gasteiger partial charge in [0, 0.05) is 18.7 Å². The van der Waals surface area contributed by atoms with Gasteiger partial charge in [0.15, 0.2) is 0 Å². The van der Waals surface area contributed by atoms with Crippen LogP contribution in [0.5, 0.6) is 5.75 Å². The highest BCUT2D eigenvalue weighted by atomic mass is 35.5. The molecule has 7 heteroatoms. The average molecular weight is 362 g/mol. The van der Waals surface area contributed by atoms with Crippen molar-refractivity contribution in [2.75, 3.05) is 7.11 Å². The first-order valence-corrected chi connectivity index (χ1v) is 8.20. The number of fused-ring (bicyclic) bond motifs is 1. The molecule has 3 rings (SSSR count). The molecule has 1 aromatic carbocycles. The van der Waals surface area contributed by atoms with Crippen molar-refractivity contribution in [1.29, 1.82) is 0 Å². The average Bonchev–Trinajstić information content (AvgIpc) is 2.68. The van der Waals surface area contributed by atoms with E-state index in [1.165, 1.54) is 7.11 Å². The smallest absolute Gasteiger partial charge is 0.276 e. The van der Waals surface area contributed by atoms with Crippen molar-refractivity contribution in [1.82, 2.24) is 9.36 Å². The molecule has 0 N–H and O–H groups in total. The highest BCUT2D eigenvalue weighted by Gasteiger charge is 2.23. The summed E-state index contributed by atoms with van der Waals surface area (Å²) in [6.07, 6.45) is 3.07. The lowest BCUT2D eigenvalue weighted by Crippen LogP contribution is -2.22. The largest absolute Gasteiger partial charge is 0.495 e. The molecule has 118 valence electrons. The van der Waals surface area contributed by atoms with Crippen LogP contribution in [0.3, 0.4) is 0 Å². The minimum atomic E-state index is -0.127. The fraction of sp³-hybridized carbons (Fsp3) is 0.400. The molecule has 0 saturated carbocycles. The predicted molar refractivity (Wildman–Crippen MR) is 89.6 cm³/mol. The van der Waals surface area contributed by atoms with E-state index in [9.17, 15) is 4.79 Å². The number of nitrogens with zero attached hydrogens (tertiary/aromatic N) is 2. The monoisotopic (exact) mass is 360 g/mol. The lowest BCUT2D eigenvalue weighted by Gasteiger charge is -2.08. The van der Waals surface area contributed by atoms with E-state index in [2.05, 4.69) is 0 Å². The highest BCUT2D eigenvalue weighted by molar-refractivity contribution is 6.38. The fourth-order valence-corrected chi connectivity index (χ4v) is 3.72. The van der Waals surface area contributed by atoms with Crippen molar-refractivity contribution in [2.45, 2.75) is 32.4 Å². The molecule has 0 spiro atoms. The molecule has 0 radical (unpaired) electrons. The van der Waals surface area contributed by atoms with Gasteiger partial charge in [-0.15, -0.1) is 0 Å². The van der Waals surface area contributed by atoms with Crippen molar-refractivity contribution < 1.29 is 4.74 Å². The van der Waals surface area contributed by atoms with E-state index in [4.69, 9.17) is 39.5 Å². The van der Waals surface area contributed by atoms with Crippen LogP contribution >= 0.6 is 34.8 Å². The second kappa shape index (κ2) is 6.19. The van der Waals surface area contributed by atoms with Crippen LogP contribution < -0.4 is 10.3 Å². The maximum atomic E-state index is 12.7. The third kappa shape index (κ3) is 2.53. The molecule has 4 nitrogen and oxygen atoms in total. The second-order valence-electron chi connectivity index (χ2n) is 5.24. The van der Waals surface area contributed by atoms with Gasteiger partial charge in [-0.3, -0.25) is 9.48 Å². The molecule has 22 heavy (non-hydrogen) atoms. The Hall–Kier alpha value is -1.10. The SMILES string of the molecule is COc1cc(-c2c(Cl)n3n(c2=O)CCCCC3)c(Cl)cc1Cl. The van der Waals surface area contributed by atoms with Crippen LogP contribution in [0.1, 0.15) is 19.3 Å². The summed E-state index contributed by atoms with van der Waals surface area (Å²) in [5, 5.41) is 1.19. The Morgan fingerprint density at radius 1 is 1.00 bits per heavy atom. The van der Waals surface area contributed by atoms with E-state index in [0.717, 1.165) is 25.8 Å². The van der Waals surface area contributed by atoms with Crippen LogP contribution in [0.2, 0.25) is 15.2 Å². The Kier molecular flexibility index (Phi) is 4.44. The number of halogens is 3. The van der Waals surface area contributed by atoms with E-state index in [-0.39, 0.29) is 5.56 Å². The predicted octanol–water partition coefficient (Wildman–Crippen LogP) is 4.47. The van der Waals surface area contributed by atoms with Gasteiger partial charge in [0.2, 0.25) is 0 Å². The Morgan fingerprint density at radius 2 is 1.68 bits per heavy atom. The maximum absolute atomic E-state index is 12.7. The molecule has 0 atom stereocenters. The zero-order chi connectivity index (χ0) is 15.9. The van der Waals surface area contributed by atoms with Gasteiger partial charge in [-0.25, -0.2) is 4.68 Å². The minimum Gasteiger partial charge on any atom is -0.495 e. The van der Waals surface area contributed by atoms with Gasteiger partial charge in [0.1, 0.15) is 10.9 Å². The number of aromatic nitrogens is 2. The van der Waals surface area contributed by atoms with Gasteiger partial charge in [0.25, 0.3) is 5.56 Å². The fourth-order valence-electron chi connectivity index (χ4n) is 2.81. The number of hydrogen-bond acceptors (Lipinski definition) is 2. The third-order valence-electron chi connectivity index (χ3n) is 3.92. The lowest BCUT2D eigenvalue weighted by molar-refractivity contribution is 0.415. The summed E-state index contributed by atoms with van der Waals surface area (Å²) < 4.78 is 8.75. The summed E-state index contributed by atoms with van der Waals surface area (Å²) >= 11 is 18.8. The summed E-state index contributed by atoms with van der Waals surface area (Å²) in [6, 6.07) is 3.23. The van der Waals surface area contributed by atoms with Crippen molar-refractivity contribution in [3.8, 4) is 16.9 Å². The van der Waals surface area contributed by atoms with Gasteiger partial charge < -0.3 is 4.74 Å². The summed E-state index contributed by atoms with van der Waals surface area (Å²) in [6.45, 7) is 1.40. The molecule has 1 aliphatic rings.